The molecule has 3 nitrogen and oxygen atoms in total. The molecule has 0 bridgehead atoms. The van der Waals surface area contributed by atoms with Crippen LogP contribution in [0.4, 0.5) is 0 Å². The van der Waals surface area contributed by atoms with E-state index in [2.05, 4.69) is 85.7 Å². The van der Waals surface area contributed by atoms with Crippen molar-refractivity contribution in [1.82, 2.24) is 13.7 Å². The monoisotopic (exact) mass is 644 g/mol. The van der Waals surface area contributed by atoms with Crippen LogP contribution in [0, 0.1) is 0 Å². The normalized spacial score (nSPS) is 12.4. The average Bonchev–Trinajstić information content (AvgIpc) is 3.38. The fourth-order valence-corrected chi connectivity index (χ4v) is 7.27. The number of aromatic nitrogens is 3. The molecule has 31 heavy (non-hydrogen) atoms. The zero-order valence-electron chi connectivity index (χ0n) is 18.7. The topological polar surface area (TPSA) is 39.9 Å². The average molecular weight is 643 g/mol. The SMILES string of the molecule is CC(=C(C)[PH+](C)C)[PH+](C)C.[Os+].c1ccc2c(c1)[n-]c1c3nsnc3c3ccccc3c21. The molecule has 0 N–H and O–H groups in total. The number of hydrogen-bond donors (Lipinski definition) is 0. The molecule has 0 fully saturated rings. The van der Waals surface area contributed by atoms with Crippen LogP contribution in [0.2, 0.25) is 0 Å². The zero-order valence-corrected chi connectivity index (χ0v) is 24.1. The molecule has 0 aliphatic heterocycles. The fraction of sp³-hybridized carbons (Fsp3) is 0.250. The van der Waals surface area contributed by atoms with Gasteiger partial charge in [0.25, 0.3) is 0 Å². The first-order valence-corrected chi connectivity index (χ1v) is 15.9. The largest absolute Gasteiger partial charge is 1.00 e. The molecule has 7 heteroatoms. The maximum atomic E-state index is 4.77. The number of hydrogen-bond acceptors (Lipinski definition) is 3. The van der Waals surface area contributed by atoms with Gasteiger partial charge >= 0.3 is 19.8 Å². The molecule has 2 heterocycles. The fourth-order valence-electron chi connectivity index (χ4n) is 3.71. The Morgan fingerprint density at radius 1 is 0.742 bits per heavy atom. The van der Waals surface area contributed by atoms with Gasteiger partial charge in [-0.25, -0.2) is 0 Å². The van der Waals surface area contributed by atoms with E-state index in [0.29, 0.717) is 0 Å². The Kier molecular flexibility index (Phi) is 7.99. The van der Waals surface area contributed by atoms with Crippen molar-refractivity contribution in [3.8, 4) is 0 Å². The second-order valence-electron chi connectivity index (χ2n) is 8.11. The van der Waals surface area contributed by atoms with Gasteiger partial charge in [0.05, 0.1) is 43.9 Å². The molecule has 3 aromatic carbocycles. The number of allylic oxidation sites excluding steroid dienone is 2. The van der Waals surface area contributed by atoms with Crippen molar-refractivity contribution in [2.45, 2.75) is 13.8 Å². The van der Waals surface area contributed by atoms with Crippen molar-refractivity contribution in [1.29, 1.82) is 0 Å². The number of para-hydroxylation sites is 1. The summed E-state index contributed by atoms with van der Waals surface area (Å²) in [5.41, 5.74) is 3.86. The quantitative estimate of drug-likeness (QED) is 0.190. The summed E-state index contributed by atoms with van der Waals surface area (Å²) in [7, 11) is -0.302. The second kappa shape index (κ2) is 10.1. The summed E-state index contributed by atoms with van der Waals surface area (Å²) in [4.78, 5) is 4.77. The third kappa shape index (κ3) is 4.63. The Bertz CT molecular complexity index is 1360. The maximum absolute atomic E-state index is 4.77. The smallest absolute Gasteiger partial charge is 0.655 e. The summed E-state index contributed by atoms with van der Waals surface area (Å²) in [5, 5.41) is 8.14. The van der Waals surface area contributed by atoms with Gasteiger partial charge in [-0.2, -0.15) is 8.75 Å². The first-order chi connectivity index (χ1) is 14.4. The molecule has 0 unspecified atom stereocenters. The van der Waals surface area contributed by atoms with Gasteiger partial charge in [0.1, 0.15) is 16.1 Å². The van der Waals surface area contributed by atoms with Crippen LogP contribution >= 0.6 is 27.6 Å². The summed E-state index contributed by atoms with van der Waals surface area (Å²) in [6.45, 7) is 14.1. The van der Waals surface area contributed by atoms with Gasteiger partial charge in [-0.3, -0.25) is 0 Å². The minimum atomic E-state index is -0.151. The van der Waals surface area contributed by atoms with Crippen molar-refractivity contribution in [3.63, 3.8) is 0 Å². The third-order valence-electron chi connectivity index (χ3n) is 5.87. The molecule has 0 aliphatic carbocycles. The van der Waals surface area contributed by atoms with Crippen LogP contribution in [0.1, 0.15) is 13.8 Å². The Balaban J connectivity index is 0.000000215. The zero-order chi connectivity index (χ0) is 21.4. The van der Waals surface area contributed by atoms with Crippen LogP contribution in [0.3, 0.4) is 0 Å². The Labute approximate surface area is 203 Å². The predicted molar refractivity (Wildman–Crippen MR) is 142 cm³/mol. The van der Waals surface area contributed by atoms with Crippen LogP contribution in [0.15, 0.2) is 59.2 Å². The molecule has 0 atom stereocenters. The van der Waals surface area contributed by atoms with Gasteiger partial charge in [0.2, 0.25) is 0 Å². The third-order valence-corrected chi connectivity index (χ3v) is 10.4. The first-order valence-electron chi connectivity index (χ1n) is 10.2. The van der Waals surface area contributed by atoms with E-state index in [1.54, 1.807) is 10.6 Å². The molecule has 5 rings (SSSR count). The standard InChI is InChI=1S/C16H8N3S.C8H18P2.Os/c1-2-6-10-9(5-1)13-11-7-3-4-8-12(11)17-15(13)16-14(10)18-20-19-16;1-7(9(3)4)8(2)10(5)6;/h1-8H;1-6H3;/q-1;;+1/p+2. The van der Waals surface area contributed by atoms with E-state index < -0.39 is 0 Å². The summed E-state index contributed by atoms with van der Waals surface area (Å²) >= 11 is 1.25. The van der Waals surface area contributed by atoms with Crippen molar-refractivity contribution >= 4 is 71.2 Å². The Morgan fingerprint density at radius 3 is 1.87 bits per heavy atom. The van der Waals surface area contributed by atoms with Gasteiger partial charge in [-0.1, -0.05) is 54.0 Å². The number of rotatable bonds is 2. The van der Waals surface area contributed by atoms with Crippen LogP contribution in [-0.2, 0) is 19.8 Å². The minimum absolute atomic E-state index is 0. The van der Waals surface area contributed by atoms with E-state index in [0.717, 1.165) is 27.5 Å². The van der Waals surface area contributed by atoms with Crippen molar-refractivity contribution in [3.05, 3.63) is 59.2 Å². The van der Waals surface area contributed by atoms with E-state index >= 15 is 0 Å². The molecule has 2 aromatic heterocycles. The van der Waals surface area contributed by atoms with Crippen LogP contribution in [-0.4, -0.2) is 35.4 Å². The van der Waals surface area contributed by atoms with E-state index in [4.69, 9.17) is 4.98 Å². The van der Waals surface area contributed by atoms with Crippen molar-refractivity contribution in [2.24, 2.45) is 0 Å². The van der Waals surface area contributed by atoms with E-state index in [-0.39, 0.29) is 35.6 Å². The molecule has 0 spiro atoms. The molecule has 5 aromatic rings. The summed E-state index contributed by atoms with van der Waals surface area (Å²) in [6, 6.07) is 16.6. The molecule has 0 saturated heterocycles. The molecule has 161 valence electrons. The number of fused-ring (bicyclic) bond motifs is 8. The van der Waals surface area contributed by atoms with Crippen LogP contribution in [0.25, 0.3) is 43.6 Å². The number of nitrogens with zero attached hydrogens (tertiary/aromatic N) is 3. The molecular formula is C24H28N3OsP2S+2. The van der Waals surface area contributed by atoms with Crippen LogP contribution < -0.4 is 4.98 Å². The van der Waals surface area contributed by atoms with Gasteiger partial charge in [-0.05, 0) is 30.0 Å². The molecular weight excluding hydrogens is 615 g/mol. The van der Waals surface area contributed by atoms with Crippen molar-refractivity contribution < 1.29 is 19.8 Å². The second-order valence-corrected chi connectivity index (χ2v) is 14.1. The van der Waals surface area contributed by atoms with E-state index in [9.17, 15) is 0 Å². The van der Waals surface area contributed by atoms with E-state index in [1.807, 2.05) is 12.1 Å². The van der Waals surface area contributed by atoms with Gasteiger partial charge in [-0.15, -0.1) is 5.52 Å². The van der Waals surface area contributed by atoms with E-state index in [1.165, 1.54) is 27.9 Å². The summed E-state index contributed by atoms with van der Waals surface area (Å²) in [6.07, 6.45) is 0. The number of benzene rings is 3. The van der Waals surface area contributed by atoms with Gasteiger partial charge < -0.3 is 4.98 Å². The Morgan fingerprint density at radius 2 is 1.26 bits per heavy atom. The minimum Gasteiger partial charge on any atom is -0.655 e. The summed E-state index contributed by atoms with van der Waals surface area (Å²) < 4.78 is 8.92. The van der Waals surface area contributed by atoms with Crippen LogP contribution in [0.5, 0.6) is 0 Å². The predicted octanol–water partition coefficient (Wildman–Crippen LogP) is 7.29. The Hall–Kier alpha value is -1.22. The van der Waals surface area contributed by atoms with Gasteiger partial charge in [0.15, 0.2) is 0 Å². The molecule has 0 saturated carbocycles. The molecule has 1 radical (unpaired) electrons. The van der Waals surface area contributed by atoms with Crippen molar-refractivity contribution in [2.75, 3.05) is 26.7 Å². The summed E-state index contributed by atoms with van der Waals surface area (Å²) in [5.74, 6) is 0. The first kappa shape index (κ1) is 24.4. The maximum Gasteiger partial charge on any atom is 1.00 e. The molecule has 0 amide bonds. The molecule has 0 aliphatic rings. The van der Waals surface area contributed by atoms with Gasteiger partial charge in [0, 0.05) is 21.2 Å².